The third-order valence-corrected chi connectivity index (χ3v) is 6.86. The molecule has 0 aliphatic heterocycles. The molecule has 0 bridgehead atoms. The van der Waals surface area contributed by atoms with Gasteiger partial charge in [-0.2, -0.15) is 0 Å². The molecule has 0 aliphatic carbocycles. The Balaban J connectivity index is 1.61. The lowest BCUT2D eigenvalue weighted by molar-refractivity contribution is -0.113. The first kappa shape index (κ1) is 27.5. The van der Waals surface area contributed by atoms with Crippen LogP contribution in [0.15, 0.2) is 46.0 Å². The summed E-state index contributed by atoms with van der Waals surface area (Å²) in [6.45, 7) is 6.92. The number of rotatable bonds is 11. The minimum absolute atomic E-state index is 0.127. The summed E-state index contributed by atoms with van der Waals surface area (Å²) in [5.74, 6) is 1.68. The number of amides is 2. The maximum absolute atomic E-state index is 12.7. The third-order valence-electron chi connectivity index (χ3n) is 5.40. The molecule has 36 heavy (non-hydrogen) atoms. The average Bonchev–Trinajstić information content (AvgIpc) is 3.28. The maximum atomic E-state index is 12.7. The zero-order valence-corrected chi connectivity index (χ0v) is 23.3. The highest BCUT2D eigenvalue weighted by atomic mass is 79.9. The number of carbonyl (C=O) groups is 2. The van der Waals surface area contributed by atoms with E-state index in [2.05, 4.69) is 50.6 Å². The monoisotopic (exact) mass is 575 g/mol. The number of thioether (sulfide) groups is 1. The van der Waals surface area contributed by atoms with Gasteiger partial charge >= 0.3 is 0 Å². The average molecular weight is 577 g/mol. The van der Waals surface area contributed by atoms with Gasteiger partial charge in [-0.1, -0.05) is 41.5 Å². The Kier molecular flexibility index (Phi) is 9.77. The van der Waals surface area contributed by atoms with Crippen LogP contribution >= 0.6 is 27.7 Å². The van der Waals surface area contributed by atoms with Crippen molar-refractivity contribution in [2.24, 2.45) is 0 Å². The number of hydrogen-bond acceptors (Lipinski definition) is 7. The molecule has 2 aromatic carbocycles. The van der Waals surface area contributed by atoms with Crippen molar-refractivity contribution in [2.45, 2.75) is 44.9 Å². The van der Waals surface area contributed by atoms with Crippen LogP contribution in [-0.4, -0.2) is 46.6 Å². The second-order valence-electron chi connectivity index (χ2n) is 8.12. The van der Waals surface area contributed by atoms with Crippen molar-refractivity contribution in [3.8, 4) is 11.5 Å². The van der Waals surface area contributed by atoms with Crippen molar-refractivity contribution in [2.75, 3.05) is 25.3 Å². The van der Waals surface area contributed by atoms with Gasteiger partial charge in [0, 0.05) is 22.3 Å². The highest BCUT2D eigenvalue weighted by Gasteiger charge is 2.17. The highest BCUT2D eigenvalue weighted by molar-refractivity contribution is 9.10. The molecule has 192 valence electrons. The number of anilines is 1. The molecule has 0 radical (unpaired) electrons. The van der Waals surface area contributed by atoms with Gasteiger partial charge in [-0.05, 0) is 54.8 Å². The van der Waals surface area contributed by atoms with Gasteiger partial charge in [0.1, 0.15) is 0 Å². The molecule has 0 saturated heterocycles. The minimum atomic E-state index is -0.273. The Labute approximate surface area is 223 Å². The first-order chi connectivity index (χ1) is 17.3. The summed E-state index contributed by atoms with van der Waals surface area (Å²) < 4.78 is 13.3. The number of carbonyl (C=O) groups excluding carboxylic acids is 2. The van der Waals surface area contributed by atoms with Crippen molar-refractivity contribution in [3.05, 3.63) is 57.8 Å². The van der Waals surface area contributed by atoms with Crippen LogP contribution in [0.5, 0.6) is 11.5 Å². The Morgan fingerprint density at radius 2 is 1.83 bits per heavy atom. The van der Waals surface area contributed by atoms with Crippen LogP contribution in [0.25, 0.3) is 0 Å². The molecule has 0 unspecified atom stereocenters. The lowest BCUT2D eigenvalue weighted by Crippen LogP contribution is -2.25. The fourth-order valence-electron chi connectivity index (χ4n) is 3.55. The van der Waals surface area contributed by atoms with Gasteiger partial charge in [0.25, 0.3) is 5.91 Å². The quantitative estimate of drug-likeness (QED) is 0.314. The van der Waals surface area contributed by atoms with E-state index in [1.54, 1.807) is 18.2 Å². The molecule has 3 aromatic rings. The van der Waals surface area contributed by atoms with Gasteiger partial charge in [0.2, 0.25) is 5.91 Å². The van der Waals surface area contributed by atoms with Gasteiger partial charge in [-0.3, -0.25) is 9.59 Å². The fourth-order valence-corrected chi connectivity index (χ4v) is 4.75. The lowest BCUT2D eigenvalue weighted by atomic mass is 10.0. The third kappa shape index (κ3) is 6.79. The number of methoxy groups -OCH3 is 2. The molecule has 1 heterocycles. The summed E-state index contributed by atoms with van der Waals surface area (Å²) in [7, 11) is 3.06. The molecular formula is C25H30BrN5O4S. The SMILES string of the molecule is CCn1c(CNC(=O)c2ccc(OC)c(OC)c2)nnc1SCC(=O)Nc1ccc(Br)cc1C(C)C. The number of hydrogen-bond donors (Lipinski definition) is 2. The second-order valence-corrected chi connectivity index (χ2v) is 9.98. The molecule has 0 saturated carbocycles. The van der Waals surface area contributed by atoms with Gasteiger partial charge in [0.05, 0.1) is 26.5 Å². The largest absolute Gasteiger partial charge is 0.493 e. The lowest BCUT2D eigenvalue weighted by Gasteiger charge is -2.14. The van der Waals surface area contributed by atoms with E-state index in [0.29, 0.717) is 34.6 Å². The molecule has 0 fully saturated rings. The summed E-state index contributed by atoms with van der Waals surface area (Å²) in [6, 6.07) is 10.8. The van der Waals surface area contributed by atoms with Crippen molar-refractivity contribution in [3.63, 3.8) is 0 Å². The predicted octanol–water partition coefficient (Wildman–Crippen LogP) is 4.86. The van der Waals surface area contributed by atoms with Crippen molar-refractivity contribution in [1.82, 2.24) is 20.1 Å². The van der Waals surface area contributed by atoms with Crippen LogP contribution in [0.1, 0.15) is 48.4 Å². The van der Waals surface area contributed by atoms with Crippen LogP contribution in [0.2, 0.25) is 0 Å². The Hall–Kier alpha value is -3.05. The number of benzene rings is 2. The highest BCUT2D eigenvalue weighted by Crippen LogP contribution is 2.29. The number of halogens is 1. The number of ether oxygens (including phenoxy) is 2. The number of nitrogens with one attached hydrogen (secondary N) is 2. The summed E-state index contributed by atoms with van der Waals surface area (Å²) in [6.07, 6.45) is 0. The molecular weight excluding hydrogens is 546 g/mol. The Morgan fingerprint density at radius 1 is 1.08 bits per heavy atom. The summed E-state index contributed by atoms with van der Waals surface area (Å²) in [5, 5.41) is 14.9. The Bertz CT molecular complexity index is 1230. The standard InChI is InChI=1S/C25H30BrN5O4S/c1-6-31-22(13-27-24(33)16-7-10-20(34-4)21(11-16)35-5)29-30-25(31)36-14-23(32)28-19-9-8-17(26)12-18(19)15(2)3/h7-12,15H,6,13-14H2,1-5H3,(H,27,33)(H,28,32). The summed E-state index contributed by atoms with van der Waals surface area (Å²) >= 11 is 4.79. The van der Waals surface area contributed by atoms with E-state index in [1.807, 2.05) is 29.7 Å². The maximum Gasteiger partial charge on any atom is 0.251 e. The van der Waals surface area contributed by atoms with Crippen LogP contribution in [0.4, 0.5) is 5.69 Å². The van der Waals surface area contributed by atoms with Crippen LogP contribution in [0.3, 0.4) is 0 Å². The molecule has 1 aromatic heterocycles. The smallest absolute Gasteiger partial charge is 0.251 e. The van der Waals surface area contributed by atoms with Crippen LogP contribution in [0, 0.1) is 0 Å². The number of nitrogens with zero attached hydrogens (tertiary/aromatic N) is 3. The first-order valence-corrected chi connectivity index (χ1v) is 13.2. The van der Waals surface area contributed by atoms with Crippen molar-refractivity contribution >= 4 is 45.2 Å². The summed E-state index contributed by atoms with van der Waals surface area (Å²) in [5.41, 5.74) is 2.30. The Morgan fingerprint density at radius 3 is 2.50 bits per heavy atom. The van der Waals surface area contributed by atoms with Gasteiger partial charge in [-0.25, -0.2) is 0 Å². The second kappa shape index (κ2) is 12.8. The first-order valence-electron chi connectivity index (χ1n) is 11.4. The molecule has 2 amide bonds. The van der Waals surface area contributed by atoms with Crippen LogP contribution in [-0.2, 0) is 17.9 Å². The van der Waals surface area contributed by atoms with Crippen LogP contribution < -0.4 is 20.1 Å². The molecule has 11 heteroatoms. The normalized spacial score (nSPS) is 10.9. The van der Waals surface area contributed by atoms with Gasteiger partial charge in [0.15, 0.2) is 22.5 Å². The minimum Gasteiger partial charge on any atom is -0.493 e. The molecule has 0 spiro atoms. The zero-order chi connectivity index (χ0) is 26.2. The fraction of sp³-hybridized carbons (Fsp3) is 0.360. The van der Waals surface area contributed by atoms with E-state index in [1.165, 1.54) is 26.0 Å². The van der Waals surface area contributed by atoms with E-state index in [9.17, 15) is 9.59 Å². The van der Waals surface area contributed by atoms with Gasteiger partial charge < -0.3 is 24.7 Å². The molecule has 2 N–H and O–H groups in total. The van der Waals surface area contributed by atoms with E-state index in [-0.39, 0.29) is 30.0 Å². The van der Waals surface area contributed by atoms with Gasteiger partial charge in [-0.15, -0.1) is 10.2 Å². The molecule has 9 nitrogen and oxygen atoms in total. The molecule has 3 rings (SSSR count). The topological polar surface area (TPSA) is 107 Å². The van der Waals surface area contributed by atoms with Crippen molar-refractivity contribution in [1.29, 1.82) is 0 Å². The predicted molar refractivity (Wildman–Crippen MR) is 144 cm³/mol. The zero-order valence-electron chi connectivity index (χ0n) is 20.9. The molecule has 0 atom stereocenters. The van der Waals surface area contributed by atoms with E-state index < -0.39 is 0 Å². The van der Waals surface area contributed by atoms with E-state index in [0.717, 1.165) is 15.7 Å². The number of aromatic nitrogens is 3. The van der Waals surface area contributed by atoms with E-state index in [4.69, 9.17) is 9.47 Å². The van der Waals surface area contributed by atoms with Crippen molar-refractivity contribution < 1.29 is 19.1 Å². The van der Waals surface area contributed by atoms with E-state index >= 15 is 0 Å². The molecule has 0 aliphatic rings. The summed E-state index contributed by atoms with van der Waals surface area (Å²) in [4.78, 5) is 25.3.